The molecule has 1 unspecified atom stereocenters. The number of piperidine rings is 1. The van der Waals surface area contributed by atoms with E-state index in [0.29, 0.717) is 25.2 Å². The number of phosphoric ester groups is 1. The quantitative estimate of drug-likeness (QED) is 0.156. The number of rotatable bonds is 9. The van der Waals surface area contributed by atoms with Crippen LogP contribution in [-0.2, 0) is 49.0 Å². The molecule has 9 atom stereocenters. The third kappa shape index (κ3) is 11.2. The molecule has 0 aliphatic carbocycles. The van der Waals surface area contributed by atoms with Gasteiger partial charge in [0.05, 0.1) is 29.5 Å². The van der Waals surface area contributed by atoms with Crippen LogP contribution >= 0.6 is 19.4 Å². The Balaban J connectivity index is 1.41. The number of anilines is 1. The Hall–Kier alpha value is -5.05. The molecule has 0 bridgehead atoms. The second kappa shape index (κ2) is 20.0. The number of fused-ring (bicyclic) bond motifs is 3. The molecule has 2 aromatic carbocycles. The Bertz CT molecular complexity index is 2180. The first kappa shape index (κ1) is 48.4. The van der Waals surface area contributed by atoms with E-state index in [1.807, 2.05) is 6.92 Å². The lowest BCUT2D eigenvalue weighted by Crippen LogP contribution is -2.64. The SMILES string of the molecule is C[C@H]1CN2C(=O)[C@H](C)NC(=O)[C@@H]3CCCCN3C(=O)[C@@H]3C[C@@H](OP(=O)(O)O)CN3C(=O)[C@@H](NC(=O)[C@H](Cc3cc(F)cc(F)c3)NC(=O)Nc3ccccc3Cl)[C@H](C)OCC2(C=O)C1. The van der Waals surface area contributed by atoms with Gasteiger partial charge in [0.15, 0.2) is 0 Å². The van der Waals surface area contributed by atoms with Crippen molar-refractivity contribution in [3.05, 3.63) is 64.7 Å². The molecular weight excluding hydrogens is 887 g/mol. The molecule has 7 amide bonds. The number of phosphoric acid groups is 1. The van der Waals surface area contributed by atoms with Gasteiger partial charge in [-0.3, -0.25) is 28.5 Å². The number of urea groups is 1. The number of benzene rings is 2. The van der Waals surface area contributed by atoms with Crippen molar-refractivity contribution in [2.24, 2.45) is 5.92 Å². The number of hydrogen-bond acceptors (Lipinski definition) is 10. The Morgan fingerprint density at radius 3 is 2.39 bits per heavy atom. The third-order valence-corrected chi connectivity index (χ3v) is 12.8. The maximum Gasteiger partial charge on any atom is 0.469 e. The Morgan fingerprint density at radius 1 is 1.02 bits per heavy atom. The smallest absolute Gasteiger partial charge is 0.373 e. The Morgan fingerprint density at radius 2 is 1.72 bits per heavy atom. The van der Waals surface area contributed by atoms with Crippen molar-refractivity contribution in [1.82, 2.24) is 30.7 Å². The summed E-state index contributed by atoms with van der Waals surface area (Å²) in [6.07, 6.45) is -1.97. The largest absolute Gasteiger partial charge is 0.469 e. The summed E-state index contributed by atoms with van der Waals surface area (Å²) in [5, 5.41) is 10.3. The number of carbonyl (C=O) groups excluding carboxylic acids is 7. The van der Waals surface area contributed by atoms with E-state index >= 15 is 4.79 Å². The molecule has 64 heavy (non-hydrogen) atoms. The van der Waals surface area contributed by atoms with Crippen molar-refractivity contribution in [2.45, 2.75) is 107 Å². The summed E-state index contributed by atoms with van der Waals surface area (Å²) in [5.41, 5.74) is -1.54. The van der Waals surface area contributed by atoms with Crippen LogP contribution < -0.4 is 21.3 Å². The van der Waals surface area contributed by atoms with Crippen LogP contribution in [0.15, 0.2) is 42.5 Å². The lowest BCUT2D eigenvalue weighted by molar-refractivity contribution is -0.155. The van der Waals surface area contributed by atoms with Gasteiger partial charge in [-0.15, -0.1) is 0 Å². The minimum absolute atomic E-state index is 0.0453. The molecule has 23 heteroatoms. The fourth-order valence-corrected chi connectivity index (χ4v) is 9.64. The summed E-state index contributed by atoms with van der Waals surface area (Å²) in [6.45, 7) is 3.67. The number of halogens is 3. The maximum absolute atomic E-state index is 15.0. The van der Waals surface area contributed by atoms with Crippen molar-refractivity contribution in [3.63, 3.8) is 0 Å². The number of carbonyl (C=O) groups is 7. The minimum Gasteiger partial charge on any atom is -0.373 e. The molecule has 0 saturated carbocycles. The number of para-hydroxylation sites is 1. The highest BCUT2D eigenvalue weighted by molar-refractivity contribution is 7.46. The van der Waals surface area contributed by atoms with Crippen molar-refractivity contribution >= 4 is 67.0 Å². The third-order valence-electron chi connectivity index (χ3n) is 11.9. The van der Waals surface area contributed by atoms with Gasteiger partial charge in [0.25, 0.3) is 0 Å². The second-order valence-corrected chi connectivity index (χ2v) is 18.4. The predicted octanol–water partition coefficient (Wildman–Crippen LogP) is 2.03. The molecule has 2 aromatic rings. The number of nitrogens with one attached hydrogen (secondary N) is 4. The van der Waals surface area contributed by atoms with Gasteiger partial charge in [-0.1, -0.05) is 30.7 Å². The summed E-state index contributed by atoms with van der Waals surface area (Å²) in [5.74, 6) is -6.37. The first-order valence-corrected chi connectivity index (χ1v) is 22.7. The molecule has 4 aliphatic rings. The van der Waals surface area contributed by atoms with Crippen LogP contribution in [0, 0.1) is 17.6 Å². The van der Waals surface area contributed by atoms with Gasteiger partial charge in [-0.25, -0.2) is 18.1 Å². The molecule has 4 aliphatic heterocycles. The predicted molar refractivity (Wildman–Crippen MR) is 223 cm³/mol. The second-order valence-electron chi connectivity index (χ2n) is 16.8. The van der Waals surface area contributed by atoms with Crippen LogP contribution in [-0.4, -0.2) is 141 Å². The van der Waals surface area contributed by atoms with Crippen LogP contribution in [0.25, 0.3) is 0 Å². The number of nitrogens with zero attached hydrogens (tertiary/aromatic N) is 3. The Kier molecular flexibility index (Phi) is 15.1. The van der Waals surface area contributed by atoms with E-state index < -0.39 is 129 Å². The van der Waals surface area contributed by atoms with Crippen molar-refractivity contribution in [2.75, 3.05) is 31.6 Å². The zero-order chi connectivity index (χ0) is 46.7. The number of amides is 7. The zero-order valence-corrected chi connectivity index (χ0v) is 36.9. The van der Waals surface area contributed by atoms with Crippen LogP contribution in [0.3, 0.4) is 0 Å². The first-order chi connectivity index (χ1) is 30.2. The summed E-state index contributed by atoms with van der Waals surface area (Å²) in [6, 6.07) is 0.366. The van der Waals surface area contributed by atoms with Gasteiger partial charge in [0.2, 0.25) is 29.5 Å². The average Bonchev–Trinajstić information content (AvgIpc) is 3.80. The molecule has 4 heterocycles. The highest BCUT2D eigenvalue weighted by Gasteiger charge is 2.52. The van der Waals surface area contributed by atoms with Crippen LogP contribution in [0.1, 0.15) is 58.4 Å². The normalized spacial score (nSPS) is 28.7. The minimum atomic E-state index is -5.21. The molecule has 4 saturated heterocycles. The summed E-state index contributed by atoms with van der Waals surface area (Å²) < 4.78 is 52.1. The average molecular weight is 938 g/mol. The fraction of sp³-hybridized carbons (Fsp3) is 0.537. The number of hydrogen-bond donors (Lipinski definition) is 6. The van der Waals surface area contributed by atoms with E-state index in [1.165, 1.54) is 35.8 Å². The van der Waals surface area contributed by atoms with E-state index in [4.69, 9.17) is 20.9 Å². The number of aldehydes is 1. The van der Waals surface area contributed by atoms with Crippen LogP contribution in [0.5, 0.6) is 0 Å². The summed E-state index contributed by atoms with van der Waals surface area (Å²) in [4.78, 5) is 122. The molecule has 6 N–H and O–H groups in total. The molecule has 0 spiro atoms. The van der Waals surface area contributed by atoms with Gasteiger partial charge >= 0.3 is 13.9 Å². The van der Waals surface area contributed by atoms with Gasteiger partial charge in [0, 0.05) is 38.5 Å². The van der Waals surface area contributed by atoms with E-state index in [-0.39, 0.29) is 48.1 Å². The standard InChI is InChI=1S/C41H51ClF2N7O12P/c1-22-17-41(20-52)21-62-24(3)34(48-35(53)31(14-25-12-26(43)15-27(44)13-25)47-40(58)46-30-9-5-4-8-29(30)42)39(57)50-19-28(63-64(59,60)61)16-33(50)38(56)49-11-7-6-10-32(49)36(54)45-23(2)37(55)51(41)18-22/h4-5,8-9,12-13,15,20,22-24,28,31-34H,6-7,10-11,14,16-19,21H2,1-3H3,(H,45,54)(H,48,53)(H2,46,47,58)(H2,59,60,61)/t22-,23+,24+,28-,31+,32+,33+,34+,41?/m1/s1. The van der Waals surface area contributed by atoms with Crippen molar-refractivity contribution in [1.29, 1.82) is 0 Å². The first-order valence-electron chi connectivity index (χ1n) is 20.8. The Labute approximate surface area is 372 Å². The fourth-order valence-electron chi connectivity index (χ4n) is 8.91. The lowest BCUT2D eigenvalue weighted by atomic mass is 9.94. The van der Waals surface area contributed by atoms with E-state index in [1.54, 1.807) is 12.1 Å². The van der Waals surface area contributed by atoms with Crippen LogP contribution in [0.2, 0.25) is 5.02 Å². The maximum atomic E-state index is 15.0. The highest BCUT2D eigenvalue weighted by atomic mass is 35.5. The molecule has 19 nitrogen and oxygen atoms in total. The molecule has 4 fully saturated rings. The van der Waals surface area contributed by atoms with Gasteiger partial charge in [0.1, 0.15) is 53.7 Å². The number of ether oxygens (including phenoxy) is 1. The monoisotopic (exact) mass is 937 g/mol. The summed E-state index contributed by atoms with van der Waals surface area (Å²) in [7, 11) is -5.21. The molecule has 348 valence electrons. The molecule has 6 rings (SSSR count). The molecule has 0 aromatic heterocycles. The summed E-state index contributed by atoms with van der Waals surface area (Å²) >= 11 is 6.22. The van der Waals surface area contributed by atoms with Gasteiger partial charge in [-0.05, 0) is 75.3 Å². The lowest BCUT2D eigenvalue weighted by Gasteiger charge is -2.41. The highest BCUT2D eigenvalue weighted by Crippen LogP contribution is 2.41. The van der Waals surface area contributed by atoms with E-state index in [0.717, 1.165) is 17.0 Å². The molecule has 0 radical (unpaired) electrons. The van der Waals surface area contributed by atoms with Gasteiger partial charge < -0.3 is 55.3 Å². The topological polar surface area (TPSA) is 253 Å². The van der Waals surface area contributed by atoms with Crippen LogP contribution in [0.4, 0.5) is 19.3 Å². The van der Waals surface area contributed by atoms with Gasteiger partial charge in [-0.2, -0.15) is 0 Å². The van der Waals surface area contributed by atoms with E-state index in [9.17, 15) is 51.9 Å². The zero-order valence-electron chi connectivity index (χ0n) is 35.2. The van der Waals surface area contributed by atoms with Crippen molar-refractivity contribution in [3.8, 4) is 0 Å². The van der Waals surface area contributed by atoms with Crippen molar-refractivity contribution < 1.29 is 66.0 Å². The van der Waals surface area contributed by atoms with E-state index in [2.05, 4.69) is 21.3 Å². The molecular formula is C41H51ClF2N7O12P.